The zero-order chi connectivity index (χ0) is 39.1. The molecule has 2 fully saturated rings. The molecule has 4 atom stereocenters. The van der Waals surface area contributed by atoms with Gasteiger partial charge in [-0.15, -0.1) is 0 Å². The highest BCUT2D eigenvalue weighted by molar-refractivity contribution is 7.07. The minimum absolute atomic E-state index is 0.00408. The topological polar surface area (TPSA) is 36.9 Å². The number of rotatable bonds is 18. The smallest absolute Gasteiger partial charge is 0.288 e. The summed E-state index contributed by atoms with van der Waals surface area (Å²) in [6.45, 7) is 22.3. The number of methoxy groups -OCH3 is 2. The molecule has 0 aliphatic carbocycles. The lowest BCUT2D eigenvalue weighted by molar-refractivity contribution is -0.206. The molecule has 2 aliphatic rings. The second kappa shape index (κ2) is 18.5. The molecule has 0 saturated carbocycles. The molecule has 0 N–H and O–H groups in total. The SMILES string of the molecule is COC(OC)C(C)(C)[C@H](O[Si](c1ccccc1)(c1ccccc1)c1ccccc1)[C@H](C)[C@@H](O[Si](C)(C)C(C)(C)C)[C@@H](C)CCCB1C2CCCC1CCC2. The van der Waals surface area contributed by atoms with Gasteiger partial charge in [0, 0.05) is 25.6 Å². The fraction of sp³-hybridized carbons (Fsp3) is 0.617. The van der Waals surface area contributed by atoms with Gasteiger partial charge in [0.2, 0.25) is 0 Å². The van der Waals surface area contributed by atoms with Crippen molar-refractivity contribution in [3.8, 4) is 0 Å². The Labute approximate surface area is 332 Å². The number of ether oxygens (including phenoxy) is 2. The van der Waals surface area contributed by atoms with E-state index in [1.54, 1.807) is 14.2 Å². The fourth-order valence-electron chi connectivity index (χ4n) is 10.2. The third kappa shape index (κ3) is 9.40. The first-order valence-electron chi connectivity index (χ1n) is 21.2. The van der Waals surface area contributed by atoms with Crippen molar-refractivity contribution in [1.29, 1.82) is 0 Å². The summed E-state index contributed by atoms with van der Waals surface area (Å²) in [4.78, 5) is 0. The first kappa shape index (κ1) is 43.1. The summed E-state index contributed by atoms with van der Waals surface area (Å²) in [6.07, 6.45) is 11.8. The molecule has 7 heteroatoms. The lowest BCUT2D eigenvalue weighted by Crippen LogP contribution is -2.72. The van der Waals surface area contributed by atoms with E-state index in [0.29, 0.717) is 5.92 Å². The van der Waals surface area contributed by atoms with Gasteiger partial charge < -0.3 is 18.3 Å². The van der Waals surface area contributed by atoms with Crippen molar-refractivity contribution in [2.24, 2.45) is 17.3 Å². The molecule has 5 rings (SSSR count). The fourth-order valence-corrected chi connectivity index (χ4v) is 16.0. The molecule has 0 aromatic heterocycles. The Hall–Kier alpha value is -2.00. The molecule has 2 bridgehead atoms. The molecule has 2 heterocycles. The zero-order valence-electron chi connectivity index (χ0n) is 35.8. The predicted octanol–water partition coefficient (Wildman–Crippen LogP) is 10.7. The van der Waals surface area contributed by atoms with Gasteiger partial charge in [0.25, 0.3) is 8.32 Å². The van der Waals surface area contributed by atoms with Crippen LogP contribution in [-0.2, 0) is 18.3 Å². The molecule has 3 aromatic rings. The summed E-state index contributed by atoms with van der Waals surface area (Å²) >= 11 is 0. The van der Waals surface area contributed by atoms with Crippen LogP contribution in [0.4, 0.5) is 0 Å². The lowest BCUT2D eigenvalue weighted by Gasteiger charge is -2.51. The largest absolute Gasteiger partial charge is 0.413 e. The van der Waals surface area contributed by atoms with Crippen molar-refractivity contribution in [1.82, 2.24) is 0 Å². The standard InChI is InChI=1S/C47H73BO4Si2/c1-36(24-23-35-48-38-25-21-26-39(48)28-22-27-38)43(51-53(10,11)46(3,4)5)37(2)44(47(6,7)45(49-8)50-9)52-54(40-29-15-12-16-30-40,41-31-17-13-18-32-41)42-33-19-14-20-34-42/h12-20,29-34,36-39,43-45H,21-28,35H2,1-11H3/t36-,37+,38?,39?,43-,44+/m0/s1. The molecule has 0 radical (unpaired) electrons. The number of hydrogen-bond donors (Lipinski definition) is 0. The predicted molar refractivity (Wildman–Crippen MR) is 236 cm³/mol. The Kier molecular flexibility index (Phi) is 14.8. The molecule has 2 aliphatic heterocycles. The minimum Gasteiger partial charge on any atom is -0.413 e. The van der Waals surface area contributed by atoms with E-state index < -0.39 is 28.3 Å². The van der Waals surface area contributed by atoms with Crippen molar-refractivity contribution >= 4 is 38.9 Å². The molecule has 296 valence electrons. The van der Waals surface area contributed by atoms with Gasteiger partial charge in [-0.3, -0.25) is 0 Å². The Morgan fingerprint density at radius 2 is 1.09 bits per heavy atom. The van der Waals surface area contributed by atoms with Crippen LogP contribution in [0.5, 0.6) is 0 Å². The molecule has 2 saturated heterocycles. The van der Waals surface area contributed by atoms with Crippen LogP contribution in [0, 0.1) is 17.3 Å². The molecule has 54 heavy (non-hydrogen) atoms. The molecule has 4 nitrogen and oxygen atoms in total. The Bertz CT molecular complexity index is 1420. The number of hydrogen-bond acceptors (Lipinski definition) is 4. The Balaban J connectivity index is 1.61. The summed E-state index contributed by atoms with van der Waals surface area (Å²) in [6, 6.07) is 33.0. The van der Waals surface area contributed by atoms with E-state index >= 15 is 0 Å². The van der Waals surface area contributed by atoms with Crippen molar-refractivity contribution in [3.05, 3.63) is 91.0 Å². The third-order valence-corrected chi connectivity index (χ3v) is 22.6. The van der Waals surface area contributed by atoms with E-state index in [1.165, 1.54) is 73.2 Å². The summed E-state index contributed by atoms with van der Waals surface area (Å²) in [5.74, 6) is 2.31. The number of benzene rings is 3. The average molecular weight is 769 g/mol. The van der Waals surface area contributed by atoms with E-state index in [9.17, 15) is 0 Å². The van der Waals surface area contributed by atoms with E-state index in [1.807, 2.05) is 0 Å². The highest BCUT2D eigenvalue weighted by Crippen LogP contribution is 2.49. The first-order chi connectivity index (χ1) is 25.7. The van der Waals surface area contributed by atoms with Crippen molar-refractivity contribution in [2.45, 2.75) is 154 Å². The second-order valence-corrected chi connectivity index (χ2v) is 27.2. The highest BCUT2D eigenvalue weighted by Gasteiger charge is 2.53. The van der Waals surface area contributed by atoms with Crippen LogP contribution in [-0.4, -0.2) is 56.1 Å². The van der Waals surface area contributed by atoms with Gasteiger partial charge >= 0.3 is 0 Å². The maximum absolute atomic E-state index is 8.20. The van der Waals surface area contributed by atoms with Crippen LogP contribution >= 0.6 is 0 Å². The third-order valence-electron chi connectivity index (χ3n) is 14.1. The van der Waals surface area contributed by atoms with Gasteiger partial charge in [0.05, 0.1) is 12.2 Å². The Morgan fingerprint density at radius 1 is 0.667 bits per heavy atom. The summed E-state index contributed by atoms with van der Waals surface area (Å²) in [7, 11) is -1.78. The van der Waals surface area contributed by atoms with Gasteiger partial charge in [-0.2, -0.15) is 0 Å². The quantitative estimate of drug-likeness (QED) is 0.0734. The summed E-state index contributed by atoms with van der Waals surface area (Å²) < 4.78 is 28.2. The monoisotopic (exact) mass is 769 g/mol. The maximum atomic E-state index is 8.20. The van der Waals surface area contributed by atoms with E-state index in [-0.39, 0.29) is 23.2 Å². The van der Waals surface area contributed by atoms with Crippen molar-refractivity contribution in [2.75, 3.05) is 14.2 Å². The molecule has 0 spiro atoms. The van der Waals surface area contributed by atoms with Crippen LogP contribution in [0.15, 0.2) is 91.0 Å². The van der Waals surface area contributed by atoms with Gasteiger partial charge in [-0.1, -0.05) is 202 Å². The molecular weight excluding hydrogens is 695 g/mol. The molecule has 3 aromatic carbocycles. The normalized spacial score (nSPS) is 20.8. The van der Waals surface area contributed by atoms with Crippen LogP contribution in [0.1, 0.15) is 99.8 Å². The minimum atomic E-state index is -3.12. The van der Waals surface area contributed by atoms with Crippen molar-refractivity contribution < 1.29 is 18.3 Å². The van der Waals surface area contributed by atoms with Crippen molar-refractivity contribution in [3.63, 3.8) is 0 Å². The second-order valence-electron chi connectivity index (χ2n) is 19.1. The number of fused-ring (bicyclic) bond motifs is 2. The zero-order valence-corrected chi connectivity index (χ0v) is 37.8. The molecule has 0 amide bonds. The maximum Gasteiger partial charge on any atom is 0.288 e. The van der Waals surface area contributed by atoms with Gasteiger partial charge in [-0.05, 0) is 46.0 Å². The summed E-state index contributed by atoms with van der Waals surface area (Å²) in [5.41, 5.74) is -0.534. The summed E-state index contributed by atoms with van der Waals surface area (Å²) in [5, 5.41) is 3.77. The molecule has 0 unspecified atom stereocenters. The van der Waals surface area contributed by atoms with Gasteiger partial charge in [-0.25, -0.2) is 0 Å². The van der Waals surface area contributed by atoms with Crippen LogP contribution in [0.3, 0.4) is 0 Å². The van der Waals surface area contributed by atoms with Crippen LogP contribution in [0.25, 0.3) is 0 Å². The van der Waals surface area contributed by atoms with Crippen LogP contribution in [0.2, 0.25) is 36.1 Å². The van der Waals surface area contributed by atoms with Gasteiger partial charge in [0.15, 0.2) is 14.6 Å². The highest BCUT2D eigenvalue weighted by atomic mass is 28.4. The van der Waals surface area contributed by atoms with E-state index in [0.717, 1.165) is 18.3 Å². The van der Waals surface area contributed by atoms with Gasteiger partial charge in [0.1, 0.15) is 6.71 Å². The average Bonchev–Trinajstić information content (AvgIpc) is 3.15. The lowest BCUT2D eigenvalue weighted by atomic mass is 9.25. The molecular formula is C47H73BO4Si2. The Morgan fingerprint density at radius 3 is 1.48 bits per heavy atom. The van der Waals surface area contributed by atoms with Crippen LogP contribution < -0.4 is 15.6 Å². The first-order valence-corrected chi connectivity index (χ1v) is 26.1. The van der Waals surface area contributed by atoms with E-state index in [2.05, 4.69) is 153 Å². The van der Waals surface area contributed by atoms with E-state index in [4.69, 9.17) is 18.3 Å².